The van der Waals surface area contributed by atoms with Crippen LogP contribution in [-0.4, -0.2) is 10.1 Å². The Morgan fingerprint density at radius 3 is 2.38 bits per heavy atom. The van der Waals surface area contributed by atoms with E-state index >= 15 is 0 Å². The SMILES string of the molecule is Oc1ccccn1.[Ag]. The third kappa shape index (κ3) is 2.12. The van der Waals surface area contributed by atoms with Crippen molar-refractivity contribution in [2.75, 3.05) is 0 Å². The second kappa shape index (κ2) is 3.66. The number of hydrogen-bond donors (Lipinski definition) is 1. The summed E-state index contributed by atoms with van der Waals surface area (Å²) in [6.07, 6.45) is 1.54. The van der Waals surface area contributed by atoms with Gasteiger partial charge in [0.1, 0.15) is 0 Å². The van der Waals surface area contributed by atoms with Crippen LogP contribution in [0.1, 0.15) is 0 Å². The van der Waals surface area contributed by atoms with Crippen LogP contribution in [0.2, 0.25) is 0 Å². The summed E-state index contributed by atoms with van der Waals surface area (Å²) in [4.78, 5) is 3.53. The summed E-state index contributed by atoms with van der Waals surface area (Å²) >= 11 is 0. The van der Waals surface area contributed by atoms with Gasteiger partial charge in [0.05, 0.1) is 0 Å². The molecule has 1 aromatic rings. The Morgan fingerprint density at radius 1 is 1.38 bits per heavy atom. The van der Waals surface area contributed by atoms with Crippen LogP contribution in [0, 0.1) is 0 Å². The minimum Gasteiger partial charge on any atom is -0.493 e. The molecule has 47 valence electrons. The maximum absolute atomic E-state index is 8.52. The molecule has 1 aromatic heterocycles. The summed E-state index contributed by atoms with van der Waals surface area (Å²) in [5.74, 6) is 0.0718. The molecule has 0 spiro atoms. The van der Waals surface area contributed by atoms with Crippen LogP contribution in [0.15, 0.2) is 24.4 Å². The van der Waals surface area contributed by atoms with Gasteiger partial charge in [-0.25, -0.2) is 4.98 Å². The van der Waals surface area contributed by atoms with Crippen LogP contribution in [-0.2, 0) is 22.4 Å². The van der Waals surface area contributed by atoms with E-state index in [9.17, 15) is 0 Å². The second-order valence-electron chi connectivity index (χ2n) is 1.19. The fraction of sp³-hybridized carbons (Fsp3) is 0. The fourth-order valence-electron chi connectivity index (χ4n) is 0.354. The Kier molecular flexibility index (Phi) is 3.52. The van der Waals surface area contributed by atoms with Gasteiger partial charge < -0.3 is 5.11 Å². The summed E-state index contributed by atoms with van der Waals surface area (Å²) in [7, 11) is 0. The van der Waals surface area contributed by atoms with Gasteiger partial charge in [-0.05, 0) is 6.07 Å². The first-order valence-corrected chi connectivity index (χ1v) is 1.99. The number of rotatable bonds is 0. The van der Waals surface area contributed by atoms with Gasteiger partial charge in [-0.15, -0.1) is 0 Å². The van der Waals surface area contributed by atoms with Crippen LogP contribution in [0.25, 0.3) is 0 Å². The zero-order valence-corrected chi connectivity index (χ0v) is 5.49. The molecule has 2 nitrogen and oxygen atoms in total. The van der Waals surface area contributed by atoms with Gasteiger partial charge in [0, 0.05) is 34.6 Å². The standard InChI is InChI=1S/C5H5NO.Ag/c7-5-3-1-2-4-6-5;/h1-4H,(H,6,7);. The normalized spacial score (nSPS) is 7.50. The molecule has 0 saturated heterocycles. The maximum atomic E-state index is 8.52. The molecule has 0 aliphatic heterocycles. The van der Waals surface area contributed by atoms with E-state index in [2.05, 4.69) is 4.98 Å². The molecule has 3 heteroatoms. The van der Waals surface area contributed by atoms with Gasteiger partial charge in [0.2, 0.25) is 5.88 Å². The van der Waals surface area contributed by atoms with Crippen molar-refractivity contribution in [3.05, 3.63) is 24.4 Å². The van der Waals surface area contributed by atoms with Gasteiger partial charge in [-0.2, -0.15) is 0 Å². The summed E-state index contributed by atoms with van der Waals surface area (Å²) in [5.41, 5.74) is 0. The molecule has 0 amide bonds. The summed E-state index contributed by atoms with van der Waals surface area (Å²) in [6.45, 7) is 0. The van der Waals surface area contributed by atoms with Gasteiger partial charge in [-0.1, -0.05) is 6.07 Å². The Hall–Kier alpha value is -0.310. The van der Waals surface area contributed by atoms with E-state index in [0.717, 1.165) is 0 Å². The van der Waals surface area contributed by atoms with Crippen molar-refractivity contribution < 1.29 is 27.5 Å². The van der Waals surface area contributed by atoms with Crippen LogP contribution >= 0.6 is 0 Å². The Morgan fingerprint density at radius 2 is 2.12 bits per heavy atom. The zero-order valence-electron chi connectivity index (χ0n) is 4.01. The summed E-state index contributed by atoms with van der Waals surface area (Å²) in [6, 6.07) is 5.00. The number of hydrogen-bond acceptors (Lipinski definition) is 2. The first kappa shape index (κ1) is 7.69. The first-order chi connectivity index (χ1) is 3.39. The van der Waals surface area contributed by atoms with Crippen LogP contribution in [0.4, 0.5) is 0 Å². The molecular weight excluding hydrogens is 198 g/mol. The zero-order chi connectivity index (χ0) is 5.11. The molecular formula is C5H5AgNO. The van der Waals surface area contributed by atoms with Crippen molar-refractivity contribution in [1.82, 2.24) is 4.98 Å². The van der Waals surface area contributed by atoms with Crippen molar-refractivity contribution in [2.24, 2.45) is 0 Å². The minimum absolute atomic E-state index is 0. The predicted octanol–water partition coefficient (Wildman–Crippen LogP) is 0.785. The number of aromatic nitrogens is 1. The van der Waals surface area contributed by atoms with Crippen molar-refractivity contribution in [1.29, 1.82) is 0 Å². The summed E-state index contributed by atoms with van der Waals surface area (Å²) < 4.78 is 0. The molecule has 0 unspecified atom stereocenters. The molecule has 0 bridgehead atoms. The second-order valence-corrected chi connectivity index (χ2v) is 1.19. The van der Waals surface area contributed by atoms with Crippen LogP contribution < -0.4 is 0 Å². The average molecular weight is 203 g/mol. The van der Waals surface area contributed by atoms with Crippen molar-refractivity contribution >= 4 is 0 Å². The molecule has 0 saturated carbocycles. The maximum Gasteiger partial charge on any atom is 0.210 e. The molecule has 0 aliphatic carbocycles. The smallest absolute Gasteiger partial charge is 0.210 e. The minimum atomic E-state index is 0. The monoisotopic (exact) mass is 202 g/mol. The first-order valence-electron chi connectivity index (χ1n) is 1.99. The summed E-state index contributed by atoms with van der Waals surface area (Å²) in [5, 5.41) is 8.52. The van der Waals surface area contributed by atoms with E-state index < -0.39 is 0 Å². The molecule has 0 aliphatic rings. The number of nitrogens with zero attached hydrogens (tertiary/aromatic N) is 1. The Labute approximate surface area is 63.1 Å². The van der Waals surface area contributed by atoms with E-state index in [1.807, 2.05) is 0 Å². The average Bonchev–Trinajstić information content (AvgIpc) is 1.69. The number of aromatic hydroxyl groups is 1. The Balaban J connectivity index is 0.000000490. The fourth-order valence-corrected chi connectivity index (χ4v) is 0.354. The molecule has 0 aromatic carbocycles. The topological polar surface area (TPSA) is 33.1 Å². The molecule has 0 atom stereocenters. The van der Waals surface area contributed by atoms with E-state index in [1.54, 1.807) is 12.1 Å². The Bertz CT molecular complexity index is 142. The molecule has 8 heavy (non-hydrogen) atoms. The van der Waals surface area contributed by atoms with Crippen LogP contribution in [0.5, 0.6) is 5.88 Å². The molecule has 1 rings (SSSR count). The molecule has 1 N–H and O–H groups in total. The van der Waals surface area contributed by atoms with E-state index in [4.69, 9.17) is 5.11 Å². The molecule has 1 heterocycles. The van der Waals surface area contributed by atoms with E-state index in [1.165, 1.54) is 12.3 Å². The molecule has 0 fully saturated rings. The quantitative estimate of drug-likeness (QED) is 0.632. The largest absolute Gasteiger partial charge is 0.493 e. The predicted molar refractivity (Wildman–Crippen MR) is 25.9 cm³/mol. The van der Waals surface area contributed by atoms with Crippen molar-refractivity contribution in [3.8, 4) is 5.88 Å². The van der Waals surface area contributed by atoms with E-state index in [0.29, 0.717) is 0 Å². The van der Waals surface area contributed by atoms with Gasteiger partial charge in [-0.3, -0.25) is 0 Å². The van der Waals surface area contributed by atoms with Crippen LogP contribution in [0.3, 0.4) is 0 Å². The van der Waals surface area contributed by atoms with E-state index in [-0.39, 0.29) is 28.3 Å². The third-order valence-electron chi connectivity index (χ3n) is 0.649. The van der Waals surface area contributed by atoms with Crippen molar-refractivity contribution in [3.63, 3.8) is 0 Å². The number of pyridine rings is 1. The van der Waals surface area contributed by atoms with Gasteiger partial charge in [0.15, 0.2) is 0 Å². The van der Waals surface area contributed by atoms with Gasteiger partial charge >= 0.3 is 0 Å². The third-order valence-corrected chi connectivity index (χ3v) is 0.649. The van der Waals surface area contributed by atoms with Crippen molar-refractivity contribution in [2.45, 2.75) is 0 Å². The molecule has 1 radical (unpaired) electrons. The van der Waals surface area contributed by atoms with Gasteiger partial charge in [0.25, 0.3) is 0 Å².